The van der Waals surface area contributed by atoms with E-state index in [1.165, 1.54) is 12.1 Å². The molecular weight excluding hydrogens is 321 g/mol. The van der Waals surface area contributed by atoms with Crippen LogP contribution in [0.25, 0.3) is 10.9 Å². The molecule has 100 valence electrons. The van der Waals surface area contributed by atoms with Gasteiger partial charge in [-0.1, -0.05) is 28.1 Å². The largest absolute Gasteiger partial charge is 0.343 e. The van der Waals surface area contributed by atoms with Gasteiger partial charge in [0.1, 0.15) is 5.82 Å². The van der Waals surface area contributed by atoms with Gasteiger partial charge in [-0.25, -0.2) is 4.39 Å². The molecule has 0 radical (unpaired) electrons. The molecule has 1 aromatic heterocycles. The highest BCUT2D eigenvalue weighted by atomic mass is 79.9. The molecule has 0 aliphatic carbocycles. The van der Waals surface area contributed by atoms with Gasteiger partial charge in [0.2, 0.25) is 0 Å². The van der Waals surface area contributed by atoms with Gasteiger partial charge in [-0.05, 0) is 35.9 Å². The van der Waals surface area contributed by atoms with Crippen molar-refractivity contribution in [2.45, 2.75) is 6.54 Å². The molecule has 0 atom stereocenters. The Bertz CT molecular complexity index is 774. The number of hydrogen-bond donors (Lipinski definition) is 0. The second-order valence-corrected chi connectivity index (χ2v) is 5.53. The van der Waals surface area contributed by atoms with E-state index >= 15 is 0 Å². The van der Waals surface area contributed by atoms with Gasteiger partial charge in [-0.3, -0.25) is 4.79 Å². The molecule has 3 rings (SSSR count). The molecule has 0 fully saturated rings. The average molecular weight is 332 g/mol. The van der Waals surface area contributed by atoms with Crippen molar-refractivity contribution in [1.82, 2.24) is 4.57 Å². The first-order chi connectivity index (χ1) is 9.67. The number of aldehydes is 1. The summed E-state index contributed by atoms with van der Waals surface area (Å²) in [6.45, 7) is 0.558. The Morgan fingerprint density at radius 1 is 1.20 bits per heavy atom. The molecule has 0 bridgehead atoms. The van der Waals surface area contributed by atoms with Gasteiger partial charge < -0.3 is 4.57 Å². The summed E-state index contributed by atoms with van der Waals surface area (Å²) in [4.78, 5) is 11.0. The lowest BCUT2D eigenvalue weighted by Crippen LogP contribution is -1.98. The van der Waals surface area contributed by atoms with E-state index in [9.17, 15) is 9.18 Å². The third-order valence-corrected chi connectivity index (χ3v) is 3.71. The van der Waals surface area contributed by atoms with Crippen molar-refractivity contribution in [3.63, 3.8) is 0 Å². The summed E-state index contributed by atoms with van der Waals surface area (Å²) >= 11 is 3.29. The van der Waals surface area contributed by atoms with Gasteiger partial charge in [-0.2, -0.15) is 0 Å². The third-order valence-electron chi connectivity index (χ3n) is 3.25. The lowest BCUT2D eigenvalue weighted by molar-refractivity contribution is 0.112. The maximum atomic E-state index is 13.4. The normalized spacial score (nSPS) is 10.9. The van der Waals surface area contributed by atoms with Crippen molar-refractivity contribution in [2.75, 3.05) is 0 Å². The van der Waals surface area contributed by atoms with E-state index in [2.05, 4.69) is 15.9 Å². The molecule has 20 heavy (non-hydrogen) atoms. The minimum absolute atomic E-state index is 0.264. The highest BCUT2D eigenvalue weighted by Gasteiger charge is 2.06. The van der Waals surface area contributed by atoms with Crippen LogP contribution in [0.2, 0.25) is 0 Å². The number of aromatic nitrogens is 1. The zero-order valence-electron chi connectivity index (χ0n) is 10.5. The molecule has 0 unspecified atom stereocenters. The fourth-order valence-electron chi connectivity index (χ4n) is 2.39. The van der Waals surface area contributed by atoms with E-state index in [1.807, 2.05) is 35.0 Å². The second kappa shape index (κ2) is 5.21. The van der Waals surface area contributed by atoms with Crippen LogP contribution in [0.3, 0.4) is 0 Å². The Morgan fingerprint density at radius 3 is 2.80 bits per heavy atom. The molecule has 0 aliphatic heterocycles. The fourth-order valence-corrected chi connectivity index (χ4v) is 2.90. The first kappa shape index (κ1) is 13.1. The number of benzene rings is 2. The minimum atomic E-state index is -0.264. The topological polar surface area (TPSA) is 22.0 Å². The quantitative estimate of drug-likeness (QED) is 0.652. The first-order valence-electron chi connectivity index (χ1n) is 6.15. The van der Waals surface area contributed by atoms with Crippen LogP contribution in [0.4, 0.5) is 4.39 Å². The Hall–Kier alpha value is -1.94. The van der Waals surface area contributed by atoms with Crippen LogP contribution in [0.5, 0.6) is 0 Å². The van der Waals surface area contributed by atoms with Crippen LogP contribution < -0.4 is 0 Å². The summed E-state index contributed by atoms with van der Waals surface area (Å²) in [6, 6.07) is 12.3. The standard InChI is InChI=1S/C16H11BrFNO/c17-13-6-11(7-14(18)8-13)9-19-5-4-15-12(10-20)2-1-3-16(15)19/h1-8,10H,9H2. The van der Waals surface area contributed by atoms with E-state index in [4.69, 9.17) is 0 Å². The van der Waals surface area contributed by atoms with Gasteiger partial charge >= 0.3 is 0 Å². The molecule has 0 N–H and O–H groups in total. The van der Waals surface area contributed by atoms with Gasteiger partial charge in [0.15, 0.2) is 6.29 Å². The zero-order chi connectivity index (χ0) is 14.1. The van der Waals surface area contributed by atoms with Crippen molar-refractivity contribution < 1.29 is 9.18 Å². The highest BCUT2D eigenvalue weighted by Crippen LogP contribution is 2.22. The Kier molecular flexibility index (Phi) is 3.40. The van der Waals surface area contributed by atoms with E-state index in [0.29, 0.717) is 12.1 Å². The summed E-state index contributed by atoms with van der Waals surface area (Å²) in [6.07, 6.45) is 2.77. The Morgan fingerprint density at radius 2 is 2.05 bits per heavy atom. The van der Waals surface area contributed by atoms with Crippen molar-refractivity contribution in [1.29, 1.82) is 0 Å². The molecule has 0 spiro atoms. The number of rotatable bonds is 3. The van der Waals surface area contributed by atoms with Crippen LogP contribution in [-0.4, -0.2) is 10.9 Å². The van der Waals surface area contributed by atoms with Crippen LogP contribution >= 0.6 is 15.9 Å². The molecule has 2 aromatic carbocycles. The minimum Gasteiger partial charge on any atom is -0.343 e. The monoisotopic (exact) mass is 331 g/mol. The van der Waals surface area contributed by atoms with E-state index in [0.717, 1.165) is 27.2 Å². The molecule has 0 saturated carbocycles. The molecule has 0 aliphatic rings. The van der Waals surface area contributed by atoms with Gasteiger partial charge in [0.25, 0.3) is 0 Å². The molecular formula is C16H11BrFNO. The predicted molar refractivity (Wildman–Crippen MR) is 80.5 cm³/mol. The van der Waals surface area contributed by atoms with Gasteiger partial charge in [-0.15, -0.1) is 0 Å². The predicted octanol–water partition coefficient (Wildman–Crippen LogP) is 4.40. The average Bonchev–Trinajstić information content (AvgIpc) is 2.81. The maximum absolute atomic E-state index is 13.4. The van der Waals surface area contributed by atoms with Crippen LogP contribution in [-0.2, 0) is 6.54 Å². The molecule has 1 heterocycles. The SMILES string of the molecule is O=Cc1cccc2c1ccn2Cc1cc(F)cc(Br)c1. The van der Waals surface area contributed by atoms with E-state index in [1.54, 1.807) is 6.07 Å². The number of halogens is 2. The summed E-state index contributed by atoms with van der Waals surface area (Å²) in [5.74, 6) is -0.264. The second-order valence-electron chi connectivity index (χ2n) is 4.62. The highest BCUT2D eigenvalue weighted by molar-refractivity contribution is 9.10. The molecule has 0 amide bonds. The van der Waals surface area contributed by atoms with Crippen LogP contribution in [0.15, 0.2) is 53.1 Å². The Labute approximate surface area is 124 Å². The fraction of sp³-hybridized carbons (Fsp3) is 0.0625. The zero-order valence-corrected chi connectivity index (χ0v) is 12.1. The number of fused-ring (bicyclic) bond motifs is 1. The molecule has 2 nitrogen and oxygen atoms in total. The van der Waals surface area contributed by atoms with Crippen LogP contribution in [0.1, 0.15) is 15.9 Å². The molecule has 0 saturated heterocycles. The van der Waals surface area contributed by atoms with Crippen LogP contribution in [0, 0.1) is 5.82 Å². The number of carbonyl (C=O) groups excluding carboxylic acids is 1. The molecule has 3 aromatic rings. The smallest absolute Gasteiger partial charge is 0.150 e. The number of carbonyl (C=O) groups is 1. The summed E-state index contributed by atoms with van der Waals surface area (Å²) in [5.41, 5.74) is 2.50. The summed E-state index contributed by atoms with van der Waals surface area (Å²) < 4.78 is 16.1. The van der Waals surface area contributed by atoms with Crippen molar-refractivity contribution in [3.05, 3.63) is 70.1 Å². The van der Waals surface area contributed by atoms with E-state index in [-0.39, 0.29) is 5.82 Å². The van der Waals surface area contributed by atoms with Gasteiger partial charge in [0.05, 0.1) is 0 Å². The summed E-state index contributed by atoms with van der Waals surface area (Å²) in [7, 11) is 0. The van der Waals surface area contributed by atoms with E-state index < -0.39 is 0 Å². The lowest BCUT2D eigenvalue weighted by Gasteiger charge is -2.07. The Balaban J connectivity index is 2.05. The van der Waals surface area contributed by atoms with Crippen molar-refractivity contribution in [3.8, 4) is 0 Å². The number of hydrogen-bond acceptors (Lipinski definition) is 1. The van der Waals surface area contributed by atoms with Crippen molar-refractivity contribution >= 4 is 33.1 Å². The van der Waals surface area contributed by atoms with Gasteiger partial charge in [0, 0.05) is 33.7 Å². The van der Waals surface area contributed by atoms with Crippen molar-refractivity contribution in [2.24, 2.45) is 0 Å². The molecule has 4 heteroatoms. The first-order valence-corrected chi connectivity index (χ1v) is 6.95. The maximum Gasteiger partial charge on any atom is 0.150 e. The summed E-state index contributed by atoms with van der Waals surface area (Å²) in [5, 5.41) is 0.915. The number of nitrogens with zero attached hydrogens (tertiary/aromatic N) is 1. The third kappa shape index (κ3) is 2.39. The lowest BCUT2D eigenvalue weighted by atomic mass is 10.1.